The minimum absolute atomic E-state index is 0.0243. The van der Waals surface area contributed by atoms with Crippen LogP contribution in [0.2, 0.25) is 0 Å². The normalized spacial score (nSPS) is 16.1. The molecule has 1 N–H and O–H groups in total. The molecule has 2 aromatic carbocycles. The van der Waals surface area contributed by atoms with Gasteiger partial charge in [0.2, 0.25) is 5.91 Å². The molecule has 0 aliphatic carbocycles. The Morgan fingerprint density at radius 3 is 2.61 bits per heavy atom. The number of hydrogen-bond donors (Lipinski definition) is 1. The number of nitrogens with one attached hydrogen (secondary N) is 1. The van der Waals surface area contributed by atoms with E-state index in [-0.39, 0.29) is 17.5 Å². The van der Waals surface area contributed by atoms with E-state index in [1.807, 2.05) is 13.2 Å². The van der Waals surface area contributed by atoms with Gasteiger partial charge in [0.1, 0.15) is 12.3 Å². The molecule has 0 bridgehead atoms. The fourth-order valence-corrected chi connectivity index (χ4v) is 5.17. The van der Waals surface area contributed by atoms with Crippen molar-refractivity contribution in [3.8, 4) is 5.75 Å². The van der Waals surface area contributed by atoms with Crippen molar-refractivity contribution in [2.24, 2.45) is 0 Å². The molecule has 1 aliphatic rings. The summed E-state index contributed by atoms with van der Waals surface area (Å²) in [6.07, 6.45) is 3.75. The SMILES string of the molecule is CCOc1ccccc1N(CC(=O)NCC1CCCO1)S(=O)(=O)c1ccc(SC)cc1. The lowest BCUT2D eigenvalue weighted by molar-refractivity contribution is -0.120. The average molecular weight is 465 g/mol. The molecule has 31 heavy (non-hydrogen) atoms. The number of rotatable bonds is 10. The molecule has 2 aromatic rings. The van der Waals surface area contributed by atoms with Crippen molar-refractivity contribution in [2.45, 2.75) is 35.7 Å². The summed E-state index contributed by atoms with van der Waals surface area (Å²) in [7, 11) is -4.00. The second-order valence-electron chi connectivity index (χ2n) is 7.03. The smallest absolute Gasteiger partial charge is 0.264 e. The van der Waals surface area contributed by atoms with Crippen molar-refractivity contribution in [2.75, 3.05) is 36.9 Å². The predicted octanol–water partition coefficient (Wildman–Crippen LogP) is 3.30. The third-order valence-corrected chi connectivity index (χ3v) is 7.44. The van der Waals surface area contributed by atoms with Crippen LogP contribution >= 0.6 is 11.8 Å². The maximum absolute atomic E-state index is 13.5. The zero-order valence-corrected chi connectivity index (χ0v) is 19.4. The van der Waals surface area contributed by atoms with Crippen LogP contribution in [-0.2, 0) is 19.6 Å². The van der Waals surface area contributed by atoms with Crippen LogP contribution in [-0.4, -0.2) is 53.0 Å². The van der Waals surface area contributed by atoms with Gasteiger partial charge in [-0.2, -0.15) is 0 Å². The van der Waals surface area contributed by atoms with E-state index in [2.05, 4.69) is 5.32 Å². The van der Waals surface area contributed by atoms with E-state index >= 15 is 0 Å². The first kappa shape index (κ1) is 23.4. The molecular weight excluding hydrogens is 436 g/mol. The minimum Gasteiger partial charge on any atom is -0.492 e. The first-order valence-electron chi connectivity index (χ1n) is 10.2. The molecule has 3 rings (SSSR count). The maximum Gasteiger partial charge on any atom is 0.264 e. The van der Waals surface area contributed by atoms with Gasteiger partial charge in [0, 0.05) is 18.0 Å². The van der Waals surface area contributed by atoms with Crippen LogP contribution in [0.1, 0.15) is 19.8 Å². The zero-order valence-electron chi connectivity index (χ0n) is 17.7. The van der Waals surface area contributed by atoms with Gasteiger partial charge in [0.05, 0.1) is 23.3 Å². The summed E-state index contributed by atoms with van der Waals surface area (Å²) >= 11 is 1.53. The highest BCUT2D eigenvalue weighted by Crippen LogP contribution is 2.32. The summed E-state index contributed by atoms with van der Waals surface area (Å²) in [5.41, 5.74) is 0.325. The van der Waals surface area contributed by atoms with Crippen LogP contribution in [0.25, 0.3) is 0 Å². The molecule has 0 spiro atoms. The number of carbonyl (C=O) groups excluding carboxylic acids is 1. The van der Waals surface area contributed by atoms with Crippen molar-refractivity contribution in [1.29, 1.82) is 0 Å². The van der Waals surface area contributed by atoms with E-state index in [1.54, 1.807) is 48.5 Å². The molecular formula is C22H28N2O5S2. The predicted molar refractivity (Wildman–Crippen MR) is 122 cm³/mol. The van der Waals surface area contributed by atoms with Gasteiger partial charge in [-0.15, -0.1) is 11.8 Å². The lowest BCUT2D eigenvalue weighted by atomic mass is 10.2. The molecule has 1 saturated heterocycles. The van der Waals surface area contributed by atoms with Gasteiger partial charge in [-0.1, -0.05) is 12.1 Å². The number of benzene rings is 2. The molecule has 1 unspecified atom stereocenters. The van der Waals surface area contributed by atoms with Crippen LogP contribution in [0.3, 0.4) is 0 Å². The Balaban J connectivity index is 1.90. The molecule has 0 saturated carbocycles. The number of thioether (sulfide) groups is 1. The lowest BCUT2D eigenvalue weighted by Crippen LogP contribution is -2.43. The zero-order chi connectivity index (χ0) is 22.3. The molecule has 1 fully saturated rings. The Bertz CT molecular complexity index is 974. The lowest BCUT2D eigenvalue weighted by Gasteiger charge is -2.26. The van der Waals surface area contributed by atoms with Gasteiger partial charge in [-0.3, -0.25) is 9.10 Å². The van der Waals surface area contributed by atoms with E-state index in [9.17, 15) is 13.2 Å². The summed E-state index contributed by atoms with van der Waals surface area (Å²) in [5.74, 6) is 0.00680. The summed E-state index contributed by atoms with van der Waals surface area (Å²) in [5, 5.41) is 2.80. The number of hydrogen-bond acceptors (Lipinski definition) is 6. The van der Waals surface area contributed by atoms with Crippen LogP contribution in [0, 0.1) is 0 Å². The molecule has 1 atom stereocenters. The second-order valence-corrected chi connectivity index (χ2v) is 9.77. The number of para-hydroxylation sites is 2. The fraction of sp³-hybridized carbons (Fsp3) is 0.409. The summed E-state index contributed by atoms with van der Waals surface area (Å²) in [6.45, 7) is 2.89. The van der Waals surface area contributed by atoms with Crippen LogP contribution in [0.4, 0.5) is 5.69 Å². The minimum atomic E-state index is -4.00. The van der Waals surface area contributed by atoms with Gasteiger partial charge in [0.15, 0.2) is 0 Å². The topological polar surface area (TPSA) is 84.9 Å². The molecule has 9 heteroatoms. The van der Waals surface area contributed by atoms with Crippen molar-refractivity contribution in [1.82, 2.24) is 5.32 Å². The van der Waals surface area contributed by atoms with E-state index in [0.29, 0.717) is 31.2 Å². The Morgan fingerprint density at radius 1 is 1.23 bits per heavy atom. The number of sulfonamides is 1. The molecule has 0 radical (unpaired) electrons. The number of amides is 1. The number of ether oxygens (including phenoxy) is 2. The van der Waals surface area contributed by atoms with Gasteiger partial charge in [-0.05, 0) is 62.4 Å². The van der Waals surface area contributed by atoms with Crippen molar-refractivity contribution < 1.29 is 22.7 Å². The Hall–Kier alpha value is -2.23. The maximum atomic E-state index is 13.5. The Labute approximate surface area is 188 Å². The van der Waals surface area contributed by atoms with Crippen LogP contribution in [0.15, 0.2) is 58.3 Å². The van der Waals surface area contributed by atoms with Crippen LogP contribution < -0.4 is 14.4 Å². The van der Waals surface area contributed by atoms with Crippen molar-refractivity contribution in [3.63, 3.8) is 0 Å². The van der Waals surface area contributed by atoms with Crippen molar-refractivity contribution in [3.05, 3.63) is 48.5 Å². The van der Waals surface area contributed by atoms with E-state index in [0.717, 1.165) is 22.0 Å². The third kappa shape index (κ3) is 5.93. The molecule has 0 aromatic heterocycles. The van der Waals surface area contributed by atoms with Gasteiger partial charge in [0.25, 0.3) is 10.0 Å². The molecule has 7 nitrogen and oxygen atoms in total. The molecule has 168 valence electrons. The van der Waals surface area contributed by atoms with Gasteiger partial charge < -0.3 is 14.8 Å². The largest absolute Gasteiger partial charge is 0.492 e. The Kier molecular flexibility index (Phi) is 8.22. The highest BCUT2D eigenvalue weighted by Gasteiger charge is 2.29. The summed E-state index contributed by atoms with van der Waals surface area (Å²) in [4.78, 5) is 13.8. The highest BCUT2D eigenvalue weighted by atomic mass is 32.2. The van der Waals surface area contributed by atoms with E-state index < -0.39 is 15.9 Å². The first-order chi connectivity index (χ1) is 15.0. The highest BCUT2D eigenvalue weighted by molar-refractivity contribution is 7.98. The third-order valence-electron chi connectivity index (χ3n) is 4.92. The standard InChI is InChI=1S/C22H28N2O5S2/c1-3-28-21-9-5-4-8-20(21)24(16-22(25)23-15-17-7-6-14-29-17)31(26,27)19-12-10-18(30-2)11-13-19/h4-5,8-13,17H,3,6-7,14-16H2,1-2H3,(H,23,25). The monoisotopic (exact) mass is 464 g/mol. The van der Waals surface area contributed by atoms with Crippen LogP contribution in [0.5, 0.6) is 5.75 Å². The molecule has 1 heterocycles. The fourth-order valence-electron chi connectivity index (χ4n) is 3.33. The number of carbonyl (C=O) groups is 1. The quantitative estimate of drug-likeness (QED) is 0.543. The van der Waals surface area contributed by atoms with E-state index in [4.69, 9.17) is 9.47 Å². The van der Waals surface area contributed by atoms with Gasteiger partial charge >= 0.3 is 0 Å². The number of anilines is 1. The first-order valence-corrected chi connectivity index (χ1v) is 12.9. The summed E-state index contributed by atoms with van der Waals surface area (Å²) in [6, 6.07) is 13.5. The van der Waals surface area contributed by atoms with E-state index in [1.165, 1.54) is 11.8 Å². The summed E-state index contributed by atoms with van der Waals surface area (Å²) < 4.78 is 39.4. The Morgan fingerprint density at radius 2 is 1.97 bits per heavy atom. The molecule has 1 amide bonds. The molecule has 1 aliphatic heterocycles. The van der Waals surface area contributed by atoms with Crippen molar-refractivity contribution >= 4 is 33.4 Å². The van der Waals surface area contributed by atoms with Gasteiger partial charge in [-0.25, -0.2) is 8.42 Å². The second kappa shape index (κ2) is 10.9. The number of nitrogens with zero attached hydrogens (tertiary/aromatic N) is 1. The average Bonchev–Trinajstić information content (AvgIpc) is 3.30.